The number of ketones is 1. The van der Waals surface area contributed by atoms with E-state index in [0.29, 0.717) is 12.1 Å². The molecular formula is C16H20N4O2. The molecule has 0 saturated carbocycles. The van der Waals surface area contributed by atoms with Crippen molar-refractivity contribution in [3.63, 3.8) is 0 Å². The lowest BCUT2D eigenvalue weighted by Crippen LogP contribution is -2.41. The fourth-order valence-corrected chi connectivity index (χ4v) is 3.57. The van der Waals surface area contributed by atoms with Gasteiger partial charge in [-0.05, 0) is 42.5 Å². The van der Waals surface area contributed by atoms with E-state index in [1.165, 1.54) is 0 Å². The highest BCUT2D eigenvalue weighted by atomic mass is 16.1. The quantitative estimate of drug-likeness (QED) is 0.529. The Balaban J connectivity index is 2.00. The van der Waals surface area contributed by atoms with Gasteiger partial charge in [0.05, 0.1) is 6.54 Å². The second-order valence-electron chi connectivity index (χ2n) is 6.09. The van der Waals surface area contributed by atoms with Gasteiger partial charge in [-0.3, -0.25) is 14.5 Å². The number of guanidine groups is 1. The van der Waals surface area contributed by atoms with E-state index < -0.39 is 5.91 Å². The van der Waals surface area contributed by atoms with Crippen LogP contribution in [0.5, 0.6) is 0 Å². The number of hydrogen-bond donors (Lipinski definition) is 2. The molecule has 0 aromatic carbocycles. The average Bonchev–Trinajstić information content (AvgIpc) is 2.85. The summed E-state index contributed by atoms with van der Waals surface area (Å²) in [4.78, 5) is 29.8. The number of nitrogens with two attached hydrogens (primary N) is 2. The van der Waals surface area contributed by atoms with Crippen molar-refractivity contribution in [3.8, 4) is 0 Å². The summed E-state index contributed by atoms with van der Waals surface area (Å²) in [5, 5.41) is 0. The smallest absolute Gasteiger partial charge is 0.279 e. The van der Waals surface area contributed by atoms with Crippen molar-refractivity contribution in [2.24, 2.45) is 28.3 Å². The predicted octanol–water partition coefficient (Wildman–Crippen LogP) is 0.118. The van der Waals surface area contributed by atoms with Gasteiger partial charge in [0.25, 0.3) is 5.91 Å². The second-order valence-corrected chi connectivity index (χ2v) is 6.09. The molecule has 1 amide bonds. The summed E-state index contributed by atoms with van der Waals surface area (Å²) < 4.78 is 0. The first-order valence-corrected chi connectivity index (χ1v) is 7.48. The maximum Gasteiger partial charge on any atom is 0.279 e. The molecule has 1 saturated heterocycles. The van der Waals surface area contributed by atoms with Crippen molar-refractivity contribution in [3.05, 3.63) is 35.5 Å². The molecular weight excluding hydrogens is 280 g/mol. The lowest BCUT2D eigenvalue weighted by molar-refractivity contribution is -0.116. The van der Waals surface area contributed by atoms with E-state index >= 15 is 0 Å². The topological polar surface area (TPSA) is 102 Å². The van der Waals surface area contributed by atoms with Crippen molar-refractivity contribution in [2.75, 3.05) is 13.1 Å². The summed E-state index contributed by atoms with van der Waals surface area (Å²) in [6, 6.07) is 0.194. The van der Waals surface area contributed by atoms with Crippen LogP contribution in [-0.4, -0.2) is 41.7 Å². The normalized spacial score (nSPS) is 30.8. The van der Waals surface area contributed by atoms with Crippen LogP contribution in [0.15, 0.2) is 40.4 Å². The van der Waals surface area contributed by atoms with Crippen LogP contribution in [0.3, 0.4) is 0 Å². The first-order chi connectivity index (χ1) is 10.5. The van der Waals surface area contributed by atoms with Crippen LogP contribution in [0.2, 0.25) is 0 Å². The highest BCUT2D eigenvalue weighted by Gasteiger charge is 2.40. The zero-order valence-electron chi connectivity index (χ0n) is 12.5. The van der Waals surface area contributed by atoms with Crippen LogP contribution in [0.1, 0.15) is 13.3 Å². The number of hydrogen-bond acceptors (Lipinski definition) is 3. The van der Waals surface area contributed by atoms with Crippen molar-refractivity contribution >= 4 is 17.6 Å². The van der Waals surface area contributed by atoms with Crippen molar-refractivity contribution in [1.82, 2.24) is 4.90 Å². The Morgan fingerprint density at radius 2 is 2.18 bits per heavy atom. The van der Waals surface area contributed by atoms with Crippen LogP contribution in [-0.2, 0) is 9.59 Å². The van der Waals surface area contributed by atoms with Crippen LogP contribution in [0, 0.1) is 11.8 Å². The molecule has 3 unspecified atom stereocenters. The summed E-state index contributed by atoms with van der Waals surface area (Å²) in [5.41, 5.74) is 12.3. The molecule has 0 spiro atoms. The molecule has 3 aliphatic rings. The molecule has 0 aromatic rings. The number of amides is 1. The molecule has 1 fully saturated rings. The molecule has 2 aliphatic heterocycles. The van der Waals surface area contributed by atoms with Gasteiger partial charge in [0.1, 0.15) is 0 Å². The van der Waals surface area contributed by atoms with Gasteiger partial charge in [0.15, 0.2) is 11.7 Å². The van der Waals surface area contributed by atoms with E-state index in [1.54, 1.807) is 6.08 Å². The zero-order valence-corrected chi connectivity index (χ0v) is 12.5. The van der Waals surface area contributed by atoms with Crippen molar-refractivity contribution in [1.29, 1.82) is 0 Å². The summed E-state index contributed by atoms with van der Waals surface area (Å²) in [5.74, 6) is -0.157. The highest BCUT2D eigenvalue weighted by Crippen LogP contribution is 2.39. The van der Waals surface area contributed by atoms with Gasteiger partial charge >= 0.3 is 0 Å². The van der Waals surface area contributed by atoms with Gasteiger partial charge in [0.2, 0.25) is 0 Å². The lowest BCUT2D eigenvalue weighted by Gasteiger charge is -2.35. The van der Waals surface area contributed by atoms with Gasteiger partial charge < -0.3 is 11.5 Å². The summed E-state index contributed by atoms with van der Waals surface area (Å²) in [6.07, 6.45) is 8.32. The molecule has 6 nitrogen and oxygen atoms in total. The van der Waals surface area contributed by atoms with Crippen LogP contribution >= 0.6 is 0 Å². The van der Waals surface area contributed by atoms with E-state index in [9.17, 15) is 9.59 Å². The standard InChI is InChI=1S/C16H20N4O2/c1-9-2-3-12(21)8-20-5-4-10-6-11(7-13(9)14(10)20)15(22)19-16(17)18/h2-3,6-7,9-10,14H,4-5,8H2,1H3,(H4,17,18,19,22). The van der Waals surface area contributed by atoms with Gasteiger partial charge in [-0.2, -0.15) is 4.99 Å². The number of aliphatic imine (C=N–C) groups is 1. The third kappa shape index (κ3) is 2.62. The maximum absolute atomic E-state index is 12.1. The summed E-state index contributed by atoms with van der Waals surface area (Å²) in [7, 11) is 0. The van der Waals surface area contributed by atoms with Crippen LogP contribution in [0.25, 0.3) is 0 Å². The highest BCUT2D eigenvalue weighted by molar-refractivity contribution is 6.03. The Bertz CT molecular complexity index is 641. The van der Waals surface area contributed by atoms with E-state index in [4.69, 9.17) is 11.5 Å². The molecule has 22 heavy (non-hydrogen) atoms. The number of nitrogens with zero attached hydrogens (tertiary/aromatic N) is 2. The van der Waals surface area contributed by atoms with Crippen molar-refractivity contribution < 1.29 is 9.59 Å². The minimum absolute atomic E-state index is 0.105. The molecule has 1 aliphatic carbocycles. The molecule has 0 aromatic heterocycles. The Morgan fingerprint density at radius 1 is 1.41 bits per heavy atom. The number of carbonyl (C=O) groups excluding carboxylic acids is 2. The molecule has 4 N–H and O–H groups in total. The number of allylic oxidation sites excluding steroid dienone is 1. The molecule has 0 bridgehead atoms. The summed E-state index contributed by atoms with van der Waals surface area (Å²) in [6.45, 7) is 3.34. The van der Waals surface area contributed by atoms with Crippen LogP contribution in [0.4, 0.5) is 0 Å². The Labute approximate surface area is 129 Å². The molecule has 116 valence electrons. The first kappa shape index (κ1) is 14.7. The molecule has 2 heterocycles. The van der Waals surface area contributed by atoms with Crippen LogP contribution < -0.4 is 11.5 Å². The monoisotopic (exact) mass is 300 g/mol. The first-order valence-electron chi connectivity index (χ1n) is 7.48. The minimum atomic E-state index is -0.404. The molecule has 6 heteroatoms. The minimum Gasteiger partial charge on any atom is -0.370 e. The number of rotatable bonds is 1. The lowest BCUT2D eigenvalue weighted by atomic mass is 9.79. The maximum atomic E-state index is 12.1. The Hall–Kier alpha value is -2.21. The van der Waals surface area contributed by atoms with E-state index in [0.717, 1.165) is 18.5 Å². The van der Waals surface area contributed by atoms with E-state index in [-0.39, 0.29) is 29.6 Å². The predicted molar refractivity (Wildman–Crippen MR) is 83.8 cm³/mol. The molecule has 3 rings (SSSR count). The number of carbonyl (C=O) groups is 2. The average molecular weight is 300 g/mol. The zero-order chi connectivity index (χ0) is 15.9. The van der Waals surface area contributed by atoms with Crippen molar-refractivity contribution in [2.45, 2.75) is 19.4 Å². The third-order valence-electron chi connectivity index (χ3n) is 4.54. The Kier molecular flexibility index (Phi) is 3.70. The molecule has 0 radical (unpaired) electrons. The summed E-state index contributed by atoms with van der Waals surface area (Å²) >= 11 is 0. The van der Waals surface area contributed by atoms with Gasteiger partial charge in [-0.15, -0.1) is 0 Å². The molecule has 3 atom stereocenters. The van der Waals surface area contributed by atoms with Gasteiger partial charge in [-0.1, -0.05) is 19.1 Å². The largest absolute Gasteiger partial charge is 0.370 e. The van der Waals surface area contributed by atoms with E-state index in [1.807, 2.05) is 25.2 Å². The van der Waals surface area contributed by atoms with Gasteiger partial charge in [-0.25, -0.2) is 0 Å². The second kappa shape index (κ2) is 5.53. The Morgan fingerprint density at radius 3 is 2.91 bits per heavy atom. The third-order valence-corrected chi connectivity index (χ3v) is 4.54. The van der Waals surface area contributed by atoms with E-state index in [2.05, 4.69) is 9.89 Å². The fraction of sp³-hybridized carbons (Fsp3) is 0.438. The fourth-order valence-electron chi connectivity index (χ4n) is 3.57. The SMILES string of the molecule is CC1C=CC(=O)CN2CCC3C=C(C(=O)N=C(N)N)C=C1C32. The van der Waals surface area contributed by atoms with Gasteiger partial charge in [0, 0.05) is 11.6 Å².